The van der Waals surface area contributed by atoms with Gasteiger partial charge in [-0.1, -0.05) is 6.07 Å². The van der Waals surface area contributed by atoms with Crippen molar-refractivity contribution in [3.8, 4) is 0 Å². The largest absolute Gasteiger partial charge is 0.339 e. The lowest BCUT2D eigenvalue weighted by Crippen LogP contribution is -2.02. The van der Waals surface area contributed by atoms with E-state index in [0.29, 0.717) is 6.54 Å². The number of hydrogen-bond donors (Lipinski definition) is 2. The number of hydrogen-bond acceptors (Lipinski definition) is 4. The quantitative estimate of drug-likeness (QED) is 0.818. The lowest BCUT2D eigenvalue weighted by Gasteiger charge is -2.00. The molecule has 4 nitrogen and oxygen atoms in total. The Morgan fingerprint density at radius 2 is 2.27 bits per heavy atom. The van der Waals surface area contributed by atoms with Gasteiger partial charge in [-0.15, -0.1) is 0 Å². The first-order valence-corrected chi connectivity index (χ1v) is 5.52. The molecule has 0 unspecified atom stereocenters. The zero-order valence-corrected chi connectivity index (χ0v) is 9.00. The van der Waals surface area contributed by atoms with Crippen LogP contribution in [0.4, 0.5) is 0 Å². The lowest BCUT2D eigenvalue weighted by molar-refractivity contribution is 0.943. The molecule has 2 aromatic rings. The predicted octanol–water partition coefficient (Wildman–Crippen LogP) is 1.46. The van der Waals surface area contributed by atoms with E-state index in [9.17, 15) is 0 Å². The van der Waals surface area contributed by atoms with E-state index < -0.39 is 0 Å². The van der Waals surface area contributed by atoms with Gasteiger partial charge in [-0.3, -0.25) is 0 Å². The van der Waals surface area contributed by atoms with Crippen LogP contribution < -0.4 is 5.73 Å². The summed E-state index contributed by atoms with van der Waals surface area (Å²) >= 11 is 1.51. The molecule has 0 saturated heterocycles. The molecule has 3 N–H and O–H groups in total. The van der Waals surface area contributed by atoms with E-state index in [1.807, 2.05) is 18.3 Å². The van der Waals surface area contributed by atoms with Crippen LogP contribution in [0.25, 0.3) is 0 Å². The molecule has 78 valence electrons. The molecular weight excluding hydrogens is 208 g/mol. The number of imidazole rings is 1. The monoisotopic (exact) mass is 220 g/mol. The summed E-state index contributed by atoms with van der Waals surface area (Å²) in [6.07, 6.45) is 6.26. The van der Waals surface area contributed by atoms with Crippen LogP contribution in [-0.4, -0.2) is 21.5 Å². The third-order valence-corrected chi connectivity index (χ3v) is 2.77. The van der Waals surface area contributed by atoms with Gasteiger partial charge in [-0.2, -0.15) is 0 Å². The second-order valence-electron chi connectivity index (χ2n) is 3.04. The van der Waals surface area contributed by atoms with Gasteiger partial charge in [0.2, 0.25) is 0 Å². The Labute approximate surface area is 92.3 Å². The van der Waals surface area contributed by atoms with E-state index in [1.54, 1.807) is 12.4 Å². The third-order valence-electron chi connectivity index (χ3n) is 1.90. The molecule has 0 saturated carbocycles. The molecule has 0 aliphatic carbocycles. The standard InChI is InChI=1S/C10H12N4S/c11-4-3-8-1-2-9(14-7-8)15-10-12-5-6-13-10/h1-2,5-7H,3-4,11H2,(H,12,13). The van der Waals surface area contributed by atoms with Crippen LogP contribution in [0.3, 0.4) is 0 Å². The number of aromatic amines is 1. The van der Waals surface area contributed by atoms with Gasteiger partial charge in [0.25, 0.3) is 0 Å². The van der Waals surface area contributed by atoms with Crippen molar-refractivity contribution in [2.45, 2.75) is 16.6 Å². The maximum Gasteiger partial charge on any atom is 0.171 e. The molecule has 0 aromatic carbocycles. The Morgan fingerprint density at radius 3 is 2.87 bits per heavy atom. The van der Waals surface area contributed by atoms with Crippen LogP contribution in [0.2, 0.25) is 0 Å². The molecule has 2 heterocycles. The molecule has 2 rings (SSSR count). The Balaban J connectivity index is 2.04. The van der Waals surface area contributed by atoms with Crippen molar-refractivity contribution >= 4 is 11.8 Å². The predicted molar refractivity (Wildman–Crippen MR) is 59.7 cm³/mol. The number of nitrogens with zero attached hydrogens (tertiary/aromatic N) is 2. The van der Waals surface area contributed by atoms with Crippen LogP contribution in [0, 0.1) is 0 Å². The second kappa shape index (κ2) is 4.95. The van der Waals surface area contributed by atoms with Crippen LogP contribution in [0.5, 0.6) is 0 Å². The minimum Gasteiger partial charge on any atom is -0.339 e. The molecule has 0 aliphatic rings. The molecule has 0 bridgehead atoms. The Bertz CT molecular complexity index is 396. The van der Waals surface area contributed by atoms with E-state index in [0.717, 1.165) is 16.6 Å². The highest BCUT2D eigenvalue weighted by atomic mass is 32.2. The normalized spacial score (nSPS) is 10.5. The number of nitrogens with one attached hydrogen (secondary N) is 1. The van der Waals surface area contributed by atoms with Crippen molar-refractivity contribution in [3.63, 3.8) is 0 Å². The summed E-state index contributed by atoms with van der Waals surface area (Å²) in [5, 5.41) is 1.79. The summed E-state index contributed by atoms with van der Waals surface area (Å²) in [4.78, 5) is 11.5. The summed E-state index contributed by atoms with van der Waals surface area (Å²) in [5.41, 5.74) is 6.63. The van der Waals surface area contributed by atoms with E-state index in [1.165, 1.54) is 17.3 Å². The van der Waals surface area contributed by atoms with E-state index >= 15 is 0 Å². The fourth-order valence-corrected chi connectivity index (χ4v) is 1.87. The first-order chi connectivity index (χ1) is 7.38. The molecule has 0 atom stereocenters. The number of pyridine rings is 1. The number of H-pyrrole nitrogens is 1. The van der Waals surface area contributed by atoms with E-state index in [-0.39, 0.29) is 0 Å². The molecule has 5 heteroatoms. The molecule has 0 aliphatic heterocycles. The van der Waals surface area contributed by atoms with Gasteiger partial charge in [-0.25, -0.2) is 9.97 Å². The molecule has 0 radical (unpaired) electrons. The highest BCUT2D eigenvalue weighted by molar-refractivity contribution is 7.99. The van der Waals surface area contributed by atoms with Gasteiger partial charge < -0.3 is 10.7 Å². The van der Waals surface area contributed by atoms with Crippen LogP contribution in [0.1, 0.15) is 5.56 Å². The topological polar surface area (TPSA) is 67.6 Å². The Kier molecular flexibility index (Phi) is 3.37. The average molecular weight is 220 g/mol. The van der Waals surface area contributed by atoms with Gasteiger partial charge >= 0.3 is 0 Å². The van der Waals surface area contributed by atoms with Crippen molar-refractivity contribution in [1.29, 1.82) is 0 Å². The van der Waals surface area contributed by atoms with E-state index in [4.69, 9.17) is 5.73 Å². The van der Waals surface area contributed by atoms with Gasteiger partial charge in [-0.05, 0) is 36.4 Å². The van der Waals surface area contributed by atoms with Gasteiger partial charge in [0.05, 0.1) is 0 Å². The molecule has 0 fully saturated rings. The van der Waals surface area contributed by atoms with Gasteiger partial charge in [0, 0.05) is 18.6 Å². The highest BCUT2D eigenvalue weighted by Crippen LogP contribution is 2.21. The molecule has 15 heavy (non-hydrogen) atoms. The van der Waals surface area contributed by atoms with Crippen molar-refractivity contribution in [2.24, 2.45) is 5.73 Å². The highest BCUT2D eigenvalue weighted by Gasteiger charge is 2.00. The lowest BCUT2D eigenvalue weighted by atomic mass is 10.2. The minimum absolute atomic E-state index is 0.659. The number of nitrogens with two attached hydrogens (primary N) is 1. The zero-order chi connectivity index (χ0) is 10.5. The first kappa shape index (κ1) is 10.2. The first-order valence-electron chi connectivity index (χ1n) is 4.71. The van der Waals surface area contributed by atoms with Crippen LogP contribution in [-0.2, 0) is 6.42 Å². The summed E-state index contributed by atoms with van der Waals surface area (Å²) in [6, 6.07) is 4.03. The summed E-state index contributed by atoms with van der Waals surface area (Å²) in [5.74, 6) is 0. The van der Waals surface area contributed by atoms with Gasteiger partial charge in [0.15, 0.2) is 5.16 Å². The summed E-state index contributed by atoms with van der Waals surface area (Å²) in [6.45, 7) is 0.659. The van der Waals surface area contributed by atoms with Gasteiger partial charge in [0.1, 0.15) is 5.03 Å². The van der Waals surface area contributed by atoms with Crippen molar-refractivity contribution in [1.82, 2.24) is 15.0 Å². The maximum absolute atomic E-state index is 5.46. The zero-order valence-electron chi connectivity index (χ0n) is 8.18. The van der Waals surface area contributed by atoms with Crippen molar-refractivity contribution in [3.05, 3.63) is 36.3 Å². The Hall–Kier alpha value is -1.33. The Morgan fingerprint density at radius 1 is 1.33 bits per heavy atom. The maximum atomic E-state index is 5.46. The van der Waals surface area contributed by atoms with E-state index in [2.05, 4.69) is 15.0 Å². The summed E-state index contributed by atoms with van der Waals surface area (Å²) < 4.78 is 0. The molecule has 2 aromatic heterocycles. The van der Waals surface area contributed by atoms with Crippen molar-refractivity contribution in [2.75, 3.05) is 6.54 Å². The second-order valence-corrected chi connectivity index (χ2v) is 4.05. The van der Waals surface area contributed by atoms with Crippen molar-refractivity contribution < 1.29 is 0 Å². The average Bonchev–Trinajstić information content (AvgIpc) is 2.74. The molecule has 0 spiro atoms. The SMILES string of the molecule is NCCc1ccc(Sc2ncc[nH]2)nc1. The van der Waals surface area contributed by atoms with Crippen LogP contribution >= 0.6 is 11.8 Å². The molecule has 0 amide bonds. The third kappa shape index (κ3) is 2.81. The fourth-order valence-electron chi connectivity index (χ4n) is 1.19. The number of aromatic nitrogens is 3. The minimum atomic E-state index is 0.659. The molecular formula is C10H12N4S. The summed E-state index contributed by atoms with van der Waals surface area (Å²) in [7, 11) is 0. The fraction of sp³-hybridized carbons (Fsp3) is 0.200. The van der Waals surface area contributed by atoms with Crippen LogP contribution in [0.15, 0.2) is 40.9 Å². The number of rotatable bonds is 4. The smallest absolute Gasteiger partial charge is 0.171 e.